The van der Waals surface area contributed by atoms with Gasteiger partial charge in [-0.05, 0) is 47.9 Å². The predicted molar refractivity (Wildman–Crippen MR) is 86.6 cm³/mol. The zero-order valence-corrected chi connectivity index (χ0v) is 13.1. The van der Waals surface area contributed by atoms with Crippen LogP contribution in [0.25, 0.3) is 10.9 Å². The molecule has 0 N–H and O–H groups in total. The standard InChI is InChI=1S/C16H13BrClNO/c17-13-2-5-15(6-3-13)20-10-9-19-8-7-12-1-4-14(18)11-16(12)19/h1-8,11H,9-10H2. The highest BCUT2D eigenvalue weighted by Crippen LogP contribution is 2.21. The molecule has 0 aliphatic heterocycles. The van der Waals surface area contributed by atoms with Crippen LogP contribution in [0, 0.1) is 0 Å². The van der Waals surface area contributed by atoms with Gasteiger partial charge in [0.25, 0.3) is 0 Å². The monoisotopic (exact) mass is 349 g/mol. The number of rotatable bonds is 4. The molecule has 0 spiro atoms. The van der Waals surface area contributed by atoms with Crippen molar-refractivity contribution in [3.05, 3.63) is 64.2 Å². The van der Waals surface area contributed by atoms with Crippen LogP contribution in [0.5, 0.6) is 5.75 Å². The molecular formula is C16H13BrClNO. The van der Waals surface area contributed by atoms with E-state index in [1.807, 2.05) is 42.5 Å². The quantitative estimate of drug-likeness (QED) is 0.636. The van der Waals surface area contributed by atoms with E-state index in [-0.39, 0.29) is 0 Å². The molecule has 0 radical (unpaired) electrons. The zero-order chi connectivity index (χ0) is 13.9. The van der Waals surface area contributed by atoms with E-state index in [0.29, 0.717) is 6.61 Å². The van der Waals surface area contributed by atoms with Crippen molar-refractivity contribution in [3.63, 3.8) is 0 Å². The normalized spacial score (nSPS) is 10.9. The molecule has 102 valence electrons. The number of nitrogens with zero attached hydrogens (tertiary/aromatic N) is 1. The highest BCUT2D eigenvalue weighted by molar-refractivity contribution is 9.10. The molecule has 3 rings (SSSR count). The first kappa shape index (κ1) is 13.5. The lowest BCUT2D eigenvalue weighted by molar-refractivity contribution is 0.300. The highest BCUT2D eigenvalue weighted by Gasteiger charge is 2.02. The van der Waals surface area contributed by atoms with E-state index in [9.17, 15) is 0 Å². The average Bonchev–Trinajstić information content (AvgIpc) is 2.84. The van der Waals surface area contributed by atoms with Crippen molar-refractivity contribution in [1.29, 1.82) is 0 Å². The summed E-state index contributed by atoms with van der Waals surface area (Å²) < 4.78 is 8.94. The fourth-order valence-corrected chi connectivity index (χ4v) is 2.58. The zero-order valence-electron chi connectivity index (χ0n) is 10.7. The first-order valence-electron chi connectivity index (χ1n) is 6.35. The fraction of sp³-hybridized carbons (Fsp3) is 0.125. The Morgan fingerprint density at radius 1 is 1.05 bits per heavy atom. The molecule has 4 heteroatoms. The Balaban J connectivity index is 1.68. The summed E-state index contributed by atoms with van der Waals surface area (Å²) in [7, 11) is 0. The summed E-state index contributed by atoms with van der Waals surface area (Å²) in [6.07, 6.45) is 2.06. The molecule has 3 aromatic rings. The van der Waals surface area contributed by atoms with E-state index >= 15 is 0 Å². The van der Waals surface area contributed by atoms with E-state index < -0.39 is 0 Å². The lowest BCUT2D eigenvalue weighted by atomic mass is 10.2. The van der Waals surface area contributed by atoms with E-state index in [2.05, 4.69) is 32.8 Å². The van der Waals surface area contributed by atoms with Gasteiger partial charge in [-0.3, -0.25) is 0 Å². The maximum Gasteiger partial charge on any atom is 0.119 e. The molecule has 0 saturated carbocycles. The molecule has 20 heavy (non-hydrogen) atoms. The average molecular weight is 351 g/mol. The molecule has 0 bridgehead atoms. The fourth-order valence-electron chi connectivity index (χ4n) is 2.14. The summed E-state index contributed by atoms with van der Waals surface area (Å²) in [5.74, 6) is 0.877. The Morgan fingerprint density at radius 3 is 2.65 bits per heavy atom. The van der Waals surface area contributed by atoms with Crippen molar-refractivity contribution >= 4 is 38.4 Å². The van der Waals surface area contributed by atoms with Crippen LogP contribution in [0.2, 0.25) is 5.02 Å². The maximum atomic E-state index is 6.04. The summed E-state index contributed by atoms with van der Waals surface area (Å²) >= 11 is 9.45. The van der Waals surface area contributed by atoms with Crippen molar-refractivity contribution in [2.45, 2.75) is 6.54 Å². The molecule has 0 saturated heterocycles. The Hall–Kier alpha value is -1.45. The third kappa shape index (κ3) is 3.00. The molecule has 1 heterocycles. The number of benzene rings is 2. The summed E-state index contributed by atoms with van der Waals surface area (Å²) in [6.45, 7) is 1.41. The van der Waals surface area contributed by atoms with Gasteiger partial charge in [-0.15, -0.1) is 0 Å². The van der Waals surface area contributed by atoms with Gasteiger partial charge in [-0.2, -0.15) is 0 Å². The van der Waals surface area contributed by atoms with E-state index in [1.165, 1.54) is 5.39 Å². The van der Waals surface area contributed by atoms with Crippen LogP contribution >= 0.6 is 27.5 Å². The van der Waals surface area contributed by atoms with Gasteiger partial charge in [0.2, 0.25) is 0 Å². The topological polar surface area (TPSA) is 14.2 Å². The van der Waals surface area contributed by atoms with Gasteiger partial charge in [0.15, 0.2) is 0 Å². The highest BCUT2D eigenvalue weighted by atomic mass is 79.9. The second-order valence-electron chi connectivity index (χ2n) is 4.51. The van der Waals surface area contributed by atoms with E-state index in [0.717, 1.165) is 27.3 Å². The van der Waals surface area contributed by atoms with Crippen LogP contribution in [0.4, 0.5) is 0 Å². The number of fused-ring (bicyclic) bond motifs is 1. The minimum Gasteiger partial charge on any atom is -0.492 e. The van der Waals surface area contributed by atoms with Gasteiger partial charge in [0.05, 0.1) is 6.54 Å². The van der Waals surface area contributed by atoms with Crippen LogP contribution < -0.4 is 4.74 Å². The van der Waals surface area contributed by atoms with Crippen molar-refractivity contribution in [2.75, 3.05) is 6.61 Å². The second kappa shape index (κ2) is 5.90. The largest absolute Gasteiger partial charge is 0.492 e. The van der Waals surface area contributed by atoms with Gasteiger partial charge in [0, 0.05) is 21.2 Å². The van der Waals surface area contributed by atoms with Crippen molar-refractivity contribution in [3.8, 4) is 5.75 Å². The van der Waals surface area contributed by atoms with Crippen molar-refractivity contribution < 1.29 is 4.74 Å². The molecule has 0 atom stereocenters. The molecule has 0 fully saturated rings. The molecule has 2 nitrogen and oxygen atoms in total. The van der Waals surface area contributed by atoms with Crippen LogP contribution in [0.15, 0.2) is 59.2 Å². The van der Waals surface area contributed by atoms with Crippen molar-refractivity contribution in [1.82, 2.24) is 4.57 Å². The smallest absolute Gasteiger partial charge is 0.119 e. The van der Waals surface area contributed by atoms with Crippen LogP contribution in [-0.2, 0) is 6.54 Å². The summed E-state index contributed by atoms with van der Waals surface area (Å²) in [4.78, 5) is 0. The number of halogens is 2. The predicted octanol–water partition coefficient (Wildman–Crippen LogP) is 5.14. The molecule has 0 unspecified atom stereocenters. The number of ether oxygens (including phenoxy) is 1. The third-order valence-corrected chi connectivity index (χ3v) is 3.91. The van der Waals surface area contributed by atoms with Gasteiger partial charge >= 0.3 is 0 Å². The first-order valence-corrected chi connectivity index (χ1v) is 7.52. The molecule has 0 aliphatic rings. The third-order valence-electron chi connectivity index (χ3n) is 3.15. The lowest BCUT2D eigenvalue weighted by Crippen LogP contribution is -2.07. The second-order valence-corrected chi connectivity index (χ2v) is 5.87. The summed E-state index contributed by atoms with van der Waals surface area (Å²) in [5.41, 5.74) is 1.14. The van der Waals surface area contributed by atoms with E-state index in [4.69, 9.17) is 16.3 Å². The van der Waals surface area contributed by atoms with Crippen LogP contribution in [0.1, 0.15) is 0 Å². The van der Waals surface area contributed by atoms with Gasteiger partial charge in [0.1, 0.15) is 12.4 Å². The molecule has 0 aliphatic carbocycles. The Morgan fingerprint density at radius 2 is 1.85 bits per heavy atom. The number of hydrogen-bond acceptors (Lipinski definition) is 1. The molecular weight excluding hydrogens is 338 g/mol. The SMILES string of the molecule is Clc1ccc2ccn(CCOc3ccc(Br)cc3)c2c1. The minimum absolute atomic E-state index is 0.623. The van der Waals surface area contributed by atoms with Crippen LogP contribution in [-0.4, -0.2) is 11.2 Å². The Bertz CT molecular complexity index is 721. The molecule has 1 aromatic heterocycles. The first-order chi connectivity index (χ1) is 9.72. The molecule has 2 aromatic carbocycles. The van der Waals surface area contributed by atoms with Gasteiger partial charge in [-0.1, -0.05) is 33.6 Å². The molecule has 0 amide bonds. The Kier molecular flexibility index (Phi) is 3.99. The Labute approximate surface area is 131 Å². The minimum atomic E-state index is 0.623. The number of hydrogen-bond donors (Lipinski definition) is 0. The van der Waals surface area contributed by atoms with Gasteiger partial charge in [-0.25, -0.2) is 0 Å². The summed E-state index contributed by atoms with van der Waals surface area (Å²) in [6, 6.07) is 15.9. The van der Waals surface area contributed by atoms with E-state index in [1.54, 1.807) is 0 Å². The van der Waals surface area contributed by atoms with Gasteiger partial charge < -0.3 is 9.30 Å². The number of aromatic nitrogens is 1. The maximum absolute atomic E-state index is 6.04. The summed E-state index contributed by atoms with van der Waals surface area (Å²) in [5, 5.41) is 1.95. The lowest BCUT2D eigenvalue weighted by Gasteiger charge is -2.08. The van der Waals surface area contributed by atoms with Crippen molar-refractivity contribution in [2.24, 2.45) is 0 Å². The van der Waals surface area contributed by atoms with Crippen LogP contribution in [0.3, 0.4) is 0 Å².